The number of oxazole rings is 1. The summed E-state index contributed by atoms with van der Waals surface area (Å²) in [5.41, 5.74) is 3.07. The van der Waals surface area contributed by atoms with Gasteiger partial charge in [-0.1, -0.05) is 19.1 Å². The Morgan fingerprint density at radius 3 is 2.95 bits per heavy atom. The van der Waals surface area contributed by atoms with Gasteiger partial charge < -0.3 is 14.5 Å². The number of nitrogens with one attached hydrogen (secondary N) is 1. The Kier molecular flexibility index (Phi) is 4.58. The lowest BCUT2D eigenvalue weighted by molar-refractivity contribution is 0.329. The third kappa shape index (κ3) is 3.83. The molecule has 1 heterocycles. The Morgan fingerprint density at radius 2 is 2.16 bits per heavy atom. The summed E-state index contributed by atoms with van der Waals surface area (Å²) in [5, 5.41) is 3.27. The van der Waals surface area contributed by atoms with Gasteiger partial charge in [0, 0.05) is 6.54 Å². The van der Waals surface area contributed by atoms with Gasteiger partial charge in [-0.3, -0.25) is 0 Å². The van der Waals surface area contributed by atoms with Gasteiger partial charge in [0.15, 0.2) is 0 Å². The third-order valence-electron chi connectivity index (χ3n) is 2.80. The first-order chi connectivity index (χ1) is 9.19. The highest BCUT2D eigenvalue weighted by Gasteiger charge is 2.08. The van der Waals surface area contributed by atoms with Crippen molar-refractivity contribution in [3.63, 3.8) is 0 Å². The van der Waals surface area contributed by atoms with E-state index in [1.54, 1.807) is 6.26 Å². The molecule has 0 aliphatic carbocycles. The maximum atomic E-state index is 5.67. The topological polar surface area (TPSA) is 47.3 Å². The molecule has 1 N–H and O–H groups in total. The lowest BCUT2D eigenvalue weighted by atomic mass is 10.1. The number of benzene rings is 1. The maximum Gasteiger partial charge on any atom is 0.399 e. The van der Waals surface area contributed by atoms with E-state index in [0.29, 0.717) is 12.6 Å². The molecular formula is C15H20N2O2. The molecule has 0 radical (unpaired) electrons. The lowest BCUT2D eigenvalue weighted by Gasteiger charge is -2.05. The van der Waals surface area contributed by atoms with E-state index in [-0.39, 0.29) is 0 Å². The van der Waals surface area contributed by atoms with Crippen molar-refractivity contribution in [3.8, 4) is 11.8 Å². The number of aromatic nitrogens is 1. The minimum absolute atomic E-state index is 0.294. The molecule has 0 amide bonds. The summed E-state index contributed by atoms with van der Waals surface area (Å²) in [4.78, 5) is 4.30. The van der Waals surface area contributed by atoms with Crippen molar-refractivity contribution in [1.29, 1.82) is 0 Å². The van der Waals surface area contributed by atoms with Gasteiger partial charge in [0.05, 0.1) is 5.69 Å². The van der Waals surface area contributed by atoms with Crippen molar-refractivity contribution >= 4 is 0 Å². The molecule has 2 aromatic rings. The fraction of sp³-hybridized carbons (Fsp3) is 0.400. The highest BCUT2D eigenvalue weighted by Crippen LogP contribution is 2.25. The largest absolute Gasteiger partial charge is 0.417 e. The molecule has 0 spiro atoms. The molecule has 1 aromatic carbocycles. The highest BCUT2D eigenvalue weighted by molar-refractivity contribution is 5.37. The van der Waals surface area contributed by atoms with Crippen molar-refractivity contribution in [1.82, 2.24) is 10.3 Å². The second-order valence-electron chi connectivity index (χ2n) is 4.65. The van der Waals surface area contributed by atoms with Crippen LogP contribution >= 0.6 is 0 Å². The van der Waals surface area contributed by atoms with Gasteiger partial charge >= 0.3 is 6.08 Å². The first-order valence-electron chi connectivity index (χ1n) is 6.59. The minimum Gasteiger partial charge on any atom is -0.417 e. The first-order valence-corrected chi connectivity index (χ1v) is 6.59. The molecule has 0 fully saturated rings. The van der Waals surface area contributed by atoms with Gasteiger partial charge in [-0.25, -0.2) is 0 Å². The second-order valence-corrected chi connectivity index (χ2v) is 4.65. The van der Waals surface area contributed by atoms with E-state index in [1.807, 2.05) is 26.0 Å². The Morgan fingerprint density at radius 1 is 1.32 bits per heavy atom. The molecule has 0 unspecified atom stereocenters. The van der Waals surface area contributed by atoms with Crippen LogP contribution in [0.5, 0.6) is 11.8 Å². The maximum absolute atomic E-state index is 5.67. The Bertz CT molecular complexity index is 535. The molecule has 19 heavy (non-hydrogen) atoms. The van der Waals surface area contributed by atoms with Crippen LogP contribution in [0.25, 0.3) is 0 Å². The van der Waals surface area contributed by atoms with E-state index in [9.17, 15) is 0 Å². The molecule has 0 saturated heterocycles. The van der Waals surface area contributed by atoms with Crippen LogP contribution in [-0.4, -0.2) is 11.5 Å². The van der Waals surface area contributed by atoms with Crippen LogP contribution in [0, 0.1) is 13.8 Å². The van der Waals surface area contributed by atoms with Crippen molar-refractivity contribution in [3.05, 3.63) is 41.3 Å². The summed E-state index contributed by atoms with van der Waals surface area (Å²) in [6, 6.07) is 6.06. The number of rotatable bonds is 6. The van der Waals surface area contributed by atoms with Crippen molar-refractivity contribution < 1.29 is 9.15 Å². The third-order valence-corrected chi connectivity index (χ3v) is 2.80. The van der Waals surface area contributed by atoms with Crippen molar-refractivity contribution in [2.75, 3.05) is 6.54 Å². The molecule has 4 heteroatoms. The average molecular weight is 260 g/mol. The molecule has 102 valence electrons. The van der Waals surface area contributed by atoms with Crippen LogP contribution in [0.3, 0.4) is 0 Å². The SMILES string of the molecule is CCCNCc1coc(Oc2cc(C)ccc2C)n1. The predicted molar refractivity (Wildman–Crippen MR) is 74.5 cm³/mol. The molecule has 0 saturated carbocycles. The number of aryl methyl sites for hydroxylation is 2. The highest BCUT2D eigenvalue weighted by atomic mass is 16.6. The smallest absolute Gasteiger partial charge is 0.399 e. The van der Waals surface area contributed by atoms with E-state index in [0.717, 1.165) is 35.5 Å². The van der Waals surface area contributed by atoms with E-state index in [2.05, 4.69) is 23.3 Å². The quantitative estimate of drug-likeness (QED) is 0.806. The second kappa shape index (κ2) is 6.38. The Hall–Kier alpha value is -1.81. The predicted octanol–water partition coefficient (Wildman–Crippen LogP) is 3.58. The molecule has 4 nitrogen and oxygen atoms in total. The van der Waals surface area contributed by atoms with Gasteiger partial charge in [0.1, 0.15) is 12.0 Å². The van der Waals surface area contributed by atoms with Crippen molar-refractivity contribution in [2.24, 2.45) is 0 Å². The zero-order valence-corrected chi connectivity index (χ0v) is 11.7. The molecule has 2 rings (SSSR count). The van der Waals surface area contributed by atoms with Crippen LogP contribution in [0.4, 0.5) is 0 Å². The number of nitrogens with zero attached hydrogens (tertiary/aromatic N) is 1. The number of hydrogen-bond donors (Lipinski definition) is 1. The first kappa shape index (κ1) is 13.6. The molecule has 0 aliphatic rings. The zero-order chi connectivity index (χ0) is 13.7. The van der Waals surface area contributed by atoms with E-state index in [1.165, 1.54) is 0 Å². The van der Waals surface area contributed by atoms with Crippen LogP contribution < -0.4 is 10.1 Å². The minimum atomic E-state index is 0.294. The lowest BCUT2D eigenvalue weighted by Crippen LogP contribution is -2.13. The van der Waals surface area contributed by atoms with Gasteiger partial charge in [0.25, 0.3) is 0 Å². The molecular weight excluding hydrogens is 240 g/mol. The Labute approximate surface area is 113 Å². The van der Waals surface area contributed by atoms with Gasteiger partial charge in [-0.15, -0.1) is 0 Å². The normalized spacial score (nSPS) is 10.7. The van der Waals surface area contributed by atoms with Gasteiger partial charge in [-0.2, -0.15) is 4.98 Å². The van der Waals surface area contributed by atoms with E-state index < -0.39 is 0 Å². The van der Waals surface area contributed by atoms with E-state index in [4.69, 9.17) is 9.15 Å². The molecule has 0 aliphatic heterocycles. The fourth-order valence-corrected chi connectivity index (χ4v) is 1.72. The fourth-order valence-electron chi connectivity index (χ4n) is 1.72. The van der Waals surface area contributed by atoms with Crippen LogP contribution in [0.15, 0.2) is 28.9 Å². The summed E-state index contributed by atoms with van der Waals surface area (Å²) in [7, 11) is 0. The summed E-state index contributed by atoms with van der Waals surface area (Å²) in [5.74, 6) is 0.787. The number of hydrogen-bond acceptors (Lipinski definition) is 4. The number of ether oxygens (including phenoxy) is 1. The Balaban J connectivity index is 2.01. The summed E-state index contributed by atoms with van der Waals surface area (Å²) < 4.78 is 11.0. The van der Waals surface area contributed by atoms with Crippen molar-refractivity contribution in [2.45, 2.75) is 33.7 Å². The average Bonchev–Trinajstić information content (AvgIpc) is 2.82. The molecule has 1 aromatic heterocycles. The monoisotopic (exact) mass is 260 g/mol. The van der Waals surface area contributed by atoms with Gasteiger partial charge in [-0.05, 0) is 44.0 Å². The summed E-state index contributed by atoms with van der Waals surface area (Å²) >= 11 is 0. The summed E-state index contributed by atoms with van der Waals surface area (Å²) in [6.07, 6.45) is 3.02. The standard InChI is InChI=1S/C15H20N2O2/c1-4-7-16-9-13-10-18-15(17-13)19-14-8-11(2)5-6-12(14)3/h5-6,8,10,16H,4,7,9H2,1-3H3. The molecule has 0 bridgehead atoms. The van der Waals surface area contributed by atoms with Gasteiger partial charge in [0.2, 0.25) is 0 Å². The van der Waals surface area contributed by atoms with Crippen LogP contribution in [-0.2, 0) is 6.54 Å². The van der Waals surface area contributed by atoms with Crippen LogP contribution in [0.1, 0.15) is 30.2 Å². The van der Waals surface area contributed by atoms with E-state index >= 15 is 0 Å². The van der Waals surface area contributed by atoms with Crippen LogP contribution in [0.2, 0.25) is 0 Å². The molecule has 0 atom stereocenters. The summed E-state index contributed by atoms with van der Waals surface area (Å²) in [6.45, 7) is 7.84. The zero-order valence-electron chi connectivity index (χ0n) is 11.7.